The van der Waals surface area contributed by atoms with Crippen LogP contribution in [0.1, 0.15) is 18.2 Å². The van der Waals surface area contributed by atoms with Crippen LogP contribution in [0, 0.1) is 6.92 Å². The predicted molar refractivity (Wildman–Crippen MR) is 83.7 cm³/mol. The van der Waals surface area contributed by atoms with Gasteiger partial charge in [0.2, 0.25) is 0 Å². The molecule has 3 aromatic rings. The molecule has 2 nitrogen and oxygen atoms in total. The highest BCUT2D eigenvalue weighted by molar-refractivity contribution is 5.85. The predicted octanol–water partition coefficient (Wildman–Crippen LogP) is 3.86. The Morgan fingerprint density at radius 3 is 2.15 bits per heavy atom. The number of hydrogen-bond donors (Lipinski definition) is 0. The van der Waals surface area contributed by atoms with Crippen molar-refractivity contribution in [2.75, 3.05) is 0 Å². The highest BCUT2D eigenvalue weighted by atomic mass is 16.1. The molecule has 0 spiro atoms. The van der Waals surface area contributed by atoms with Gasteiger partial charge in [0.25, 0.3) is 5.56 Å². The first kappa shape index (κ1) is 12.7. The van der Waals surface area contributed by atoms with Crippen LogP contribution < -0.4 is 5.56 Å². The summed E-state index contributed by atoms with van der Waals surface area (Å²) < 4.78 is 1.84. The van der Waals surface area contributed by atoms with E-state index in [4.69, 9.17) is 0 Å². The number of rotatable bonds is 2. The number of fused-ring (bicyclic) bond motifs is 1. The summed E-state index contributed by atoms with van der Waals surface area (Å²) in [4.78, 5) is 12.8. The Bertz CT molecular complexity index is 816. The Kier molecular flexibility index (Phi) is 3.15. The van der Waals surface area contributed by atoms with Crippen molar-refractivity contribution in [2.24, 2.45) is 0 Å². The molecule has 3 rings (SSSR count). The third-order valence-electron chi connectivity index (χ3n) is 3.82. The van der Waals surface area contributed by atoms with Gasteiger partial charge in [0.1, 0.15) is 0 Å². The van der Waals surface area contributed by atoms with E-state index >= 15 is 0 Å². The average Bonchev–Trinajstić information content (AvgIpc) is 2.51. The van der Waals surface area contributed by atoms with Gasteiger partial charge in [-0.15, -0.1) is 0 Å². The number of hydrogen-bond acceptors (Lipinski definition) is 1. The molecular weight excluding hydrogens is 246 g/mol. The summed E-state index contributed by atoms with van der Waals surface area (Å²) in [7, 11) is 0. The molecule has 0 fully saturated rings. The van der Waals surface area contributed by atoms with E-state index in [1.165, 1.54) is 5.56 Å². The molecule has 0 saturated carbocycles. The van der Waals surface area contributed by atoms with E-state index < -0.39 is 0 Å². The van der Waals surface area contributed by atoms with Crippen LogP contribution in [0.2, 0.25) is 0 Å². The zero-order chi connectivity index (χ0) is 14.1. The molecule has 2 heteroatoms. The van der Waals surface area contributed by atoms with Crippen LogP contribution >= 0.6 is 0 Å². The first-order chi connectivity index (χ1) is 9.74. The topological polar surface area (TPSA) is 22.0 Å². The van der Waals surface area contributed by atoms with Crippen molar-refractivity contribution in [2.45, 2.75) is 20.3 Å². The van der Waals surface area contributed by atoms with Gasteiger partial charge in [-0.1, -0.05) is 43.3 Å². The molecule has 0 unspecified atom stereocenters. The van der Waals surface area contributed by atoms with Crippen molar-refractivity contribution in [3.63, 3.8) is 0 Å². The lowest BCUT2D eigenvalue weighted by atomic mass is 10.0. The lowest BCUT2D eigenvalue weighted by molar-refractivity contribution is 0.875. The van der Waals surface area contributed by atoms with Gasteiger partial charge in [0.15, 0.2) is 0 Å². The van der Waals surface area contributed by atoms with Crippen molar-refractivity contribution in [1.82, 2.24) is 4.57 Å². The number of para-hydroxylation sites is 1. The van der Waals surface area contributed by atoms with Gasteiger partial charge >= 0.3 is 0 Å². The summed E-state index contributed by atoms with van der Waals surface area (Å²) in [6, 6.07) is 17.7. The molecule has 0 radical (unpaired) electrons. The molecule has 20 heavy (non-hydrogen) atoms. The van der Waals surface area contributed by atoms with Crippen LogP contribution in [0.25, 0.3) is 16.5 Å². The van der Waals surface area contributed by atoms with E-state index in [0.29, 0.717) is 0 Å². The summed E-state index contributed by atoms with van der Waals surface area (Å²) >= 11 is 0. The normalized spacial score (nSPS) is 10.9. The van der Waals surface area contributed by atoms with E-state index in [1.54, 1.807) is 0 Å². The first-order valence-electron chi connectivity index (χ1n) is 6.92. The Morgan fingerprint density at radius 2 is 1.50 bits per heavy atom. The van der Waals surface area contributed by atoms with E-state index in [0.717, 1.165) is 28.6 Å². The van der Waals surface area contributed by atoms with Gasteiger partial charge in [-0.05, 0) is 42.5 Å². The maximum Gasteiger partial charge on any atom is 0.263 e. The smallest absolute Gasteiger partial charge is 0.263 e. The van der Waals surface area contributed by atoms with Gasteiger partial charge in [-0.3, -0.25) is 9.36 Å². The molecule has 1 aromatic heterocycles. The molecule has 0 saturated heterocycles. The fourth-order valence-electron chi connectivity index (χ4n) is 2.84. The Morgan fingerprint density at radius 1 is 0.900 bits per heavy atom. The standard InChI is InChI=1S/C18H17NO/c1-3-17-13(2)15-11-7-8-12-16(15)18(20)19(17)14-9-5-4-6-10-14/h4-12H,3H2,1-2H3. The number of aryl methyl sites for hydroxylation is 1. The molecule has 0 atom stereocenters. The van der Waals surface area contributed by atoms with Crippen LogP contribution in [0.15, 0.2) is 59.4 Å². The quantitative estimate of drug-likeness (QED) is 0.688. The van der Waals surface area contributed by atoms with E-state index in [9.17, 15) is 4.79 Å². The van der Waals surface area contributed by atoms with Gasteiger partial charge in [-0.25, -0.2) is 0 Å². The number of benzene rings is 2. The summed E-state index contributed by atoms with van der Waals surface area (Å²) in [5.41, 5.74) is 3.27. The molecule has 0 amide bonds. The van der Waals surface area contributed by atoms with Crippen LogP contribution in [-0.2, 0) is 6.42 Å². The first-order valence-corrected chi connectivity index (χ1v) is 6.92. The Hall–Kier alpha value is -2.35. The van der Waals surface area contributed by atoms with E-state index in [2.05, 4.69) is 13.8 Å². The summed E-state index contributed by atoms with van der Waals surface area (Å²) in [5.74, 6) is 0. The lowest BCUT2D eigenvalue weighted by Gasteiger charge is -2.16. The zero-order valence-corrected chi connectivity index (χ0v) is 11.8. The monoisotopic (exact) mass is 263 g/mol. The summed E-state index contributed by atoms with van der Waals surface area (Å²) in [6.07, 6.45) is 0.834. The minimum absolute atomic E-state index is 0.0641. The van der Waals surface area contributed by atoms with Crippen LogP contribution in [0.4, 0.5) is 0 Å². The van der Waals surface area contributed by atoms with Gasteiger partial charge in [0, 0.05) is 16.8 Å². The summed E-state index contributed by atoms with van der Waals surface area (Å²) in [6.45, 7) is 4.19. The van der Waals surface area contributed by atoms with Crippen LogP contribution in [-0.4, -0.2) is 4.57 Å². The second kappa shape index (κ2) is 4.97. The second-order valence-corrected chi connectivity index (χ2v) is 4.95. The summed E-state index contributed by atoms with van der Waals surface area (Å²) in [5, 5.41) is 1.84. The molecule has 100 valence electrons. The SMILES string of the molecule is CCc1c(C)c2ccccc2c(=O)n1-c1ccccc1. The fourth-order valence-corrected chi connectivity index (χ4v) is 2.84. The number of pyridine rings is 1. The number of nitrogens with zero attached hydrogens (tertiary/aromatic N) is 1. The Labute approximate surface area is 118 Å². The molecule has 0 aliphatic heterocycles. The Balaban J connectivity index is 2.48. The third-order valence-corrected chi connectivity index (χ3v) is 3.82. The molecule has 0 aliphatic carbocycles. The minimum Gasteiger partial charge on any atom is -0.281 e. The van der Waals surface area contributed by atoms with Crippen molar-refractivity contribution in [1.29, 1.82) is 0 Å². The maximum absolute atomic E-state index is 12.8. The average molecular weight is 263 g/mol. The van der Waals surface area contributed by atoms with Gasteiger partial charge < -0.3 is 0 Å². The molecule has 0 N–H and O–H groups in total. The van der Waals surface area contributed by atoms with Crippen molar-refractivity contribution in [3.05, 3.63) is 76.2 Å². The van der Waals surface area contributed by atoms with Crippen molar-refractivity contribution >= 4 is 10.8 Å². The lowest BCUT2D eigenvalue weighted by Crippen LogP contribution is -2.23. The third kappa shape index (κ3) is 1.85. The largest absolute Gasteiger partial charge is 0.281 e. The highest BCUT2D eigenvalue weighted by Gasteiger charge is 2.13. The van der Waals surface area contributed by atoms with Crippen molar-refractivity contribution in [3.8, 4) is 5.69 Å². The maximum atomic E-state index is 12.8. The molecule has 0 aliphatic rings. The minimum atomic E-state index is 0.0641. The second-order valence-electron chi connectivity index (χ2n) is 4.95. The van der Waals surface area contributed by atoms with Crippen LogP contribution in [0.3, 0.4) is 0 Å². The van der Waals surface area contributed by atoms with Crippen LogP contribution in [0.5, 0.6) is 0 Å². The fraction of sp³-hybridized carbons (Fsp3) is 0.167. The number of aromatic nitrogens is 1. The van der Waals surface area contributed by atoms with E-state index in [1.807, 2.05) is 59.2 Å². The molecular formula is C18H17NO. The molecule has 2 aromatic carbocycles. The van der Waals surface area contributed by atoms with Gasteiger partial charge in [0.05, 0.1) is 0 Å². The highest BCUT2D eigenvalue weighted by Crippen LogP contribution is 2.21. The molecule has 1 heterocycles. The van der Waals surface area contributed by atoms with E-state index in [-0.39, 0.29) is 5.56 Å². The molecule has 0 bridgehead atoms. The van der Waals surface area contributed by atoms with Crippen molar-refractivity contribution < 1.29 is 0 Å². The van der Waals surface area contributed by atoms with Gasteiger partial charge in [-0.2, -0.15) is 0 Å². The zero-order valence-electron chi connectivity index (χ0n) is 11.8.